The molecule has 1 aromatic heterocycles. The summed E-state index contributed by atoms with van der Waals surface area (Å²) in [6, 6.07) is 6.98. The van der Waals surface area contributed by atoms with Crippen LogP contribution in [0.5, 0.6) is 5.88 Å². The molecule has 0 atom stereocenters. The molecule has 3 rings (SSSR count). The normalized spacial score (nSPS) is 15.7. The number of nitrogens with zero attached hydrogens (tertiary/aromatic N) is 3. The molecule has 0 bridgehead atoms. The van der Waals surface area contributed by atoms with Gasteiger partial charge >= 0.3 is 0 Å². The van der Waals surface area contributed by atoms with Crippen molar-refractivity contribution in [1.82, 2.24) is 9.88 Å². The minimum atomic E-state index is -0.849. The third-order valence-electron chi connectivity index (χ3n) is 4.53. The predicted molar refractivity (Wildman–Crippen MR) is 99.7 cm³/mol. The summed E-state index contributed by atoms with van der Waals surface area (Å²) in [5.74, 6) is 0.120. The SMILES string of the molecule is CCN(C)C=Nc1cc(F)c(C2(Oc3cc(C)ccn3)COC2)cc1C. The van der Waals surface area contributed by atoms with Gasteiger partial charge in [-0.1, -0.05) is 0 Å². The smallest absolute Gasteiger partial charge is 0.214 e. The van der Waals surface area contributed by atoms with Crippen molar-refractivity contribution in [3.63, 3.8) is 0 Å². The lowest BCUT2D eigenvalue weighted by molar-refractivity contribution is -0.171. The third kappa shape index (κ3) is 3.70. The Balaban J connectivity index is 1.91. The van der Waals surface area contributed by atoms with Gasteiger partial charge in [-0.15, -0.1) is 0 Å². The van der Waals surface area contributed by atoms with E-state index in [1.807, 2.05) is 44.9 Å². The first kappa shape index (κ1) is 18.3. The fourth-order valence-corrected chi connectivity index (χ4v) is 2.72. The molecule has 1 fully saturated rings. The van der Waals surface area contributed by atoms with E-state index in [0.29, 0.717) is 30.3 Å². The van der Waals surface area contributed by atoms with Crippen LogP contribution in [0.4, 0.5) is 10.1 Å². The summed E-state index contributed by atoms with van der Waals surface area (Å²) in [5, 5.41) is 0. The van der Waals surface area contributed by atoms with E-state index in [-0.39, 0.29) is 5.82 Å². The molecule has 0 spiro atoms. The van der Waals surface area contributed by atoms with E-state index in [0.717, 1.165) is 17.7 Å². The van der Waals surface area contributed by atoms with Crippen LogP contribution in [0.25, 0.3) is 0 Å². The minimum absolute atomic E-state index is 0.292. The quantitative estimate of drug-likeness (QED) is 0.583. The van der Waals surface area contributed by atoms with Crippen molar-refractivity contribution in [1.29, 1.82) is 0 Å². The molecule has 0 saturated carbocycles. The average Bonchev–Trinajstić information content (AvgIpc) is 2.58. The first-order valence-corrected chi connectivity index (χ1v) is 8.68. The maximum atomic E-state index is 14.9. The highest BCUT2D eigenvalue weighted by Gasteiger charge is 2.45. The Kier molecular flexibility index (Phi) is 5.23. The number of aliphatic imine (C=N–C) groups is 1. The molecule has 138 valence electrons. The van der Waals surface area contributed by atoms with Gasteiger partial charge in [-0.3, -0.25) is 0 Å². The summed E-state index contributed by atoms with van der Waals surface area (Å²) in [4.78, 5) is 10.5. The fourth-order valence-electron chi connectivity index (χ4n) is 2.72. The molecule has 5 nitrogen and oxygen atoms in total. The van der Waals surface area contributed by atoms with Gasteiger partial charge in [-0.05, 0) is 44.0 Å². The van der Waals surface area contributed by atoms with Gasteiger partial charge in [0.15, 0.2) is 5.60 Å². The molecule has 6 heteroatoms. The van der Waals surface area contributed by atoms with E-state index in [2.05, 4.69) is 9.98 Å². The molecular weight excluding hydrogens is 333 g/mol. The Hall–Kier alpha value is -2.47. The van der Waals surface area contributed by atoms with Crippen molar-refractivity contribution in [3.05, 3.63) is 53.0 Å². The summed E-state index contributed by atoms with van der Waals surface area (Å²) in [7, 11) is 1.92. The number of hydrogen-bond acceptors (Lipinski definition) is 4. The number of pyridine rings is 1. The molecule has 1 saturated heterocycles. The molecule has 1 aromatic carbocycles. The molecule has 0 N–H and O–H groups in total. The van der Waals surface area contributed by atoms with Gasteiger partial charge in [-0.25, -0.2) is 14.4 Å². The number of hydrogen-bond donors (Lipinski definition) is 0. The first-order valence-electron chi connectivity index (χ1n) is 8.68. The highest BCUT2D eigenvalue weighted by molar-refractivity contribution is 5.63. The van der Waals surface area contributed by atoms with Crippen LogP contribution in [0.1, 0.15) is 23.6 Å². The zero-order chi connectivity index (χ0) is 18.7. The van der Waals surface area contributed by atoms with E-state index in [1.54, 1.807) is 18.6 Å². The Bertz CT molecular complexity index is 819. The highest BCUT2D eigenvalue weighted by Crippen LogP contribution is 2.38. The van der Waals surface area contributed by atoms with Gasteiger partial charge < -0.3 is 14.4 Å². The molecule has 2 heterocycles. The number of aryl methyl sites for hydroxylation is 2. The summed E-state index contributed by atoms with van der Waals surface area (Å²) < 4.78 is 26.3. The van der Waals surface area contributed by atoms with Crippen LogP contribution in [0.2, 0.25) is 0 Å². The van der Waals surface area contributed by atoms with Crippen molar-refractivity contribution in [3.8, 4) is 5.88 Å². The predicted octanol–water partition coefficient (Wildman–Crippen LogP) is 3.75. The number of aromatic nitrogens is 1. The molecule has 0 amide bonds. The lowest BCUT2D eigenvalue weighted by Crippen LogP contribution is -2.52. The molecule has 1 aliphatic rings. The minimum Gasteiger partial charge on any atom is -0.461 e. The second-order valence-electron chi connectivity index (χ2n) is 6.70. The molecule has 0 unspecified atom stereocenters. The van der Waals surface area contributed by atoms with Crippen LogP contribution >= 0.6 is 0 Å². The van der Waals surface area contributed by atoms with Gasteiger partial charge in [0.1, 0.15) is 5.82 Å². The van der Waals surface area contributed by atoms with Crippen LogP contribution in [0.3, 0.4) is 0 Å². The van der Waals surface area contributed by atoms with Gasteiger partial charge in [0.2, 0.25) is 5.88 Å². The number of ether oxygens (including phenoxy) is 2. The lowest BCUT2D eigenvalue weighted by atomic mass is 9.89. The molecule has 0 radical (unpaired) electrons. The number of rotatable bonds is 6. The molecule has 1 aliphatic heterocycles. The largest absolute Gasteiger partial charge is 0.461 e. The van der Waals surface area contributed by atoms with Crippen LogP contribution < -0.4 is 4.74 Å². The van der Waals surface area contributed by atoms with E-state index >= 15 is 0 Å². The summed E-state index contributed by atoms with van der Waals surface area (Å²) in [5.41, 5.74) is 2.15. The van der Waals surface area contributed by atoms with Crippen molar-refractivity contribution in [2.75, 3.05) is 26.8 Å². The van der Waals surface area contributed by atoms with E-state index < -0.39 is 5.60 Å². The lowest BCUT2D eigenvalue weighted by Gasteiger charge is -2.41. The molecule has 0 aliphatic carbocycles. The van der Waals surface area contributed by atoms with Crippen LogP contribution in [-0.2, 0) is 10.3 Å². The topological polar surface area (TPSA) is 47.0 Å². The average molecular weight is 357 g/mol. The Morgan fingerprint density at radius 1 is 1.35 bits per heavy atom. The monoisotopic (exact) mass is 357 g/mol. The van der Waals surface area contributed by atoms with Gasteiger partial charge in [0, 0.05) is 37.5 Å². The van der Waals surface area contributed by atoms with Crippen molar-refractivity contribution < 1.29 is 13.9 Å². The van der Waals surface area contributed by atoms with E-state index in [9.17, 15) is 4.39 Å². The molecular formula is C20H24FN3O2. The van der Waals surface area contributed by atoms with Crippen LogP contribution in [0.15, 0.2) is 35.5 Å². The Labute approximate surface area is 153 Å². The zero-order valence-corrected chi connectivity index (χ0v) is 15.6. The van der Waals surface area contributed by atoms with E-state index in [1.165, 1.54) is 6.07 Å². The Morgan fingerprint density at radius 3 is 2.73 bits per heavy atom. The molecule has 2 aromatic rings. The van der Waals surface area contributed by atoms with Crippen molar-refractivity contribution in [2.24, 2.45) is 4.99 Å². The third-order valence-corrected chi connectivity index (χ3v) is 4.53. The Morgan fingerprint density at radius 2 is 2.12 bits per heavy atom. The van der Waals surface area contributed by atoms with Crippen LogP contribution in [0, 0.1) is 19.7 Å². The summed E-state index contributed by atoms with van der Waals surface area (Å²) in [6.07, 6.45) is 3.39. The standard InChI is InChI=1S/C20H24FN3O2/c1-5-24(4)13-23-18-10-17(21)16(9-15(18)3)20(11-25-12-20)26-19-8-14(2)6-7-22-19/h6-10,13H,5,11-12H2,1-4H3. The van der Waals surface area contributed by atoms with Crippen molar-refractivity contribution in [2.45, 2.75) is 26.4 Å². The number of benzene rings is 1. The summed E-state index contributed by atoms with van der Waals surface area (Å²) >= 11 is 0. The van der Waals surface area contributed by atoms with Gasteiger partial charge in [0.25, 0.3) is 0 Å². The number of halogens is 1. The first-order chi connectivity index (χ1) is 12.4. The molecule has 26 heavy (non-hydrogen) atoms. The van der Waals surface area contributed by atoms with E-state index in [4.69, 9.17) is 9.47 Å². The maximum absolute atomic E-state index is 14.9. The van der Waals surface area contributed by atoms with Gasteiger partial charge in [0.05, 0.1) is 25.2 Å². The second-order valence-corrected chi connectivity index (χ2v) is 6.70. The maximum Gasteiger partial charge on any atom is 0.214 e. The summed E-state index contributed by atoms with van der Waals surface area (Å²) in [6.45, 7) is 7.32. The van der Waals surface area contributed by atoms with Crippen LogP contribution in [-0.4, -0.2) is 43.0 Å². The zero-order valence-electron chi connectivity index (χ0n) is 15.6. The van der Waals surface area contributed by atoms with Gasteiger partial charge in [-0.2, -0.15) is 0 Å². The van der Waals surface area contributed by atoms with Crippen molar-refractivity contribution >= 4 is 12.0 Å². The second kappa shape index (κ2) is 7.41. The highest BCUT2D eigenvalue weighted by atomic mass is 19.1. The fraction of sp³-hybridized carbons (Fsp3) is 0.400.